The zero-order chi connectivity index (χ0) is 20.5. The second kappa shape index (κ2) is 7.63. The van der Waals surface area contributed by atoms with Gasteiger partial charge in [0.1, 0.15) is 0 Å². The van der Waals surface area contributed by atoms with Crippen molar-refractivity contribution in [3.63, 3.8) is 0 Å². The highest BCUT2D eigenvalue weighted by atomic mass is 16.3. The summed E-state index contributed by atoms with van der Waals surface area (Å²) in [6.07, 6.45) is 1.77. The van der Waals surface area contributed by atoms with Crippen LogP contribution < -0.4 is 16.4 Å². The molecule has 3 rings (SSSR count). The summed E-state index contributed by atoms with van der Waals surface area (Å²) >= 11 is 0. The number of fused-ring (bicyclic) bond motifs is 1. The van der Waals surface area contributed by atoms with Crippen LogP contribution in [0.3, 0.4) is 0 Å². The third-order valence-corrected chi connectivity index (χ3v) is 4.40. The van der Waals surface area contributed by atoms with Crippen LogP contribution in [0.4, 0.5) is 17.5 Å². The lowest BCUT2D eigenvalue weighted by atomic mass is 10.1. The summed E-state index contributed by atoms with van der Waals surface area (Å²) in [7, 11) is 0. The quantitative estimate of drug-likeness (QED) is 0.464. The van der Waals surface area contributed by atoms with Gasteiger partial charge in [-0.25, -0.2) is 4.98 Å². The maximum absolute atomic E-state index is 10.0. The molecule has 0 unspecified atom stereocenters. The van der Waals surface area contributed by atoms with E-state index in [0.717, 1.165) is 22.5 Å². The van der Waals surface area contributed by atoms with Crippen molar-refractivity contribution in [3.05, 3.63) is 35.7 Å². The lowest BCUT2D eigenvalue weighted by Crippen LogP contribution is -2.30. The Hall–Kier alpha value is -2.87. The average Bonchev–Trinajstić information content (AvgIpc) is 3.02. The van der Waals surface area contributed by atoms with E-state index in [-0.39, 0.29) is 6.04 Å². The molecule has 8 nitrogen and oxygen atoms in total. The highest BCUT2D eigenvalue weighted by Crippen LogP contribution is 2.25. The Bertz CT molecular complexity index is 973. The maximum Gasteiger partial charge on any atom is 0.226 e. The minimum atomic E-state index is -0.874. The van der Waals surface area contributed by atoms with E-state index in [1.165, 1.54) is 0 Å². The Kier molecular flexibility index (Phi) is 5.42. The van der Waals surface area contributed by atoms with E-state index in [4.69, 9.17) is 5.73 Å². The Balaban J connectivity index is 1.94. The normalized spacial score (nSPS) is 12.0. The number of benzene rings is 1. The van der Waals surface area contributed by atoms with Crippen molar-refractivity contribution >= 4 is 28.6 Å². The number of nitrogens with zero attached hydrogens (tertiary/aromatic N) is 4. The highest BCUT2D eigenvalue weighted by molar-refractivity contribution is 5.84. The Morgan fingerprint density at radius 3 is 2.61 bits per heavy atom. The van der Waals surface area contributed by atoms with Crippen molar-refractivity contribution in [2.45, 2.75) is 52.8 Å². The molecule has 5 N–H and O–H groups in total. The standard InChI is InChI=1S/C20H29N7O/c1-12(2)27-11-24-16-17(22-9-14-7-6-13(3)8-15(14)21)25-19(26-18(16)27)23-10-20(4,5)28/h6-8,11-12,28H,9-10,21H2,1-5H3,(H2,22,23,25,26). The van der Waals surface area contributed by atoms with Crippen molar-refractivity contribution in [1.82, 2.24) is 19.5 Å². The summed E-state index contributed by atoms with van der Waals surface area (Å²) in [5.41, 5.74) is 9.56. The van der Waals surface area contributed by atoms with Gasteiger partial charge in [-0.3, -0.25) is 0 Å². The third-order valence-electron chi connectivity index (χ3n) is 4.40. The molecule has 3 aromatic rings. The van der Waals surface area contributed by atoms with Gasteiger partial charge in [-0.2, -0.15) is 9.97 Å². The van der Waals surface area contributed by atoms with Crippen molar-refractivity contribution in [1.29, 1.82) is 0 Å². The molecular formula is C20H29N7O. The monoisotopic (exact) mass is 383 g/mol. The SMILES string of the molecule is Cc1ccc(CNc2nc(NCC(C)(C)O)nc3c2ncn3C(C)C)c(N)c1. The van der Waals surface area contributed by atoms with Gasteiger partial charge in [-0.05, 0) is 51.8 Å². The molecule has 0 aliphatic rings. The smallest absolute Gasteiger partial charge is 0.226 e. The van der Waals surface area contributed by atoms with Gasteiger partial charge in [-0.15, -0.1) is 0 Å². The number of imidazole rings is 1. The lowest BCUT2D eigenvalue weighted by molar-refractivity contribution is 0.0943. The first kappa shape index (κ1) is 19.9. The van der Waals surface area contributed by atoms with E-state index in [1.54, 1.807) is 20.2 Å². The molecule has 0 atom stereocenters. The third kappa shape index (κ3) is 4.51. The van der Waals surface area contributed by atoms with Crippen LogP contribution in [-0.2, 0) is 6.54 Å². The fourth-order valence-corrected chi connectivity index (χ4v) is 2.85. The summed E-state index contributed by atoms with van der Waals surface area (Å²) < 4.78 is 2.00. The summed E-state index contributed by atoms with van der Waals surface area (Å²) in [6, 6.07) is 6.21. The van der Waals surface area contributed by atoms with Gasteiger partial charge >= 0.3 is 0 Å². The largest absolute Gasteiger partial charge is 0.398 e. The Morgan fingerprint density at radius 1 is 1.21 bits per heavy atom. The first-order valence-corrected chi connectivity index (χ1v) is 9.44. The topological polar surface area (TPSA) is 114 Å². The molecule has 0 saturated carbocycles. The first-order chi connectivity index (χ1) is 13.1. The number of hydrogen-bond donors (Lipinski definition) is 4. The van der Waals surface area contributed by atoms with Crippen molar-refractivity contribution in [2.75, 3.05) is 22.9 Å². The number of aromatic nitrogens is 4. The van der Waals surface area contributed by atoms with Crippen LogP contribution in [0, 0.1) is 6.92 Å². The molecule has 1 aromatic carbocycles. The van der Waals surface area contributed by atoms with Crippen LogP contribution >= 0.6 is 0 Å². The van der Waals surface area contributed by atoms with Gasteiger partial charge in [0.15, 0.2) is 17.0 Å². The molecule has 0 radical (unpaired) electrons. The Labute approximate surface area is 165 Å². The van der Waals surface area contributed by atoms with Crippen LogP contribution in [-0.4, -0.2) is 36.8 Å². The second-order valence-electron chi connectivity index (χ2n) is 8.04. The number of rotatable bonds is 7. The van der Waals surface area contributed by atoms with Crippen molar-refractivity contribution in [3.8, 4) is 0 Å². The number of nitrogens with one attached hydrogen (secondary N) is 2. The predicted molar refractivity (Wildman–Crippen MR) is 113 cm³/mol. The van der Waals surface area contributed by atoms with Gasteiger partial charge in [-0.1, -0.05) is 12.1 Å². The van der Waals surface area contributed by atoms with Gasteiger partial charge in [0.05, 0.1) is 11.9 Å². The van der Waals surface area contributed by atoms with Gasteiger partial charge in [0.25, 0.3) is 0 Å². The van der Waals surface area contributed by atoms with Gasteiger partial charge < -0.3 is 26.0 Å². The Morgan fingerprint density at radius 2 is 1.96 bits per heavy atom. The number of hydrogen-bond acceptors (Lipinski definition) is 7. The summed E-state index contributed by atoms with van der Waals surface area (Å²) in [6.45, 7) is 10.5. The first-order valence-electron chi connectivity index (χ1n) is 9.44. The summed E-state index contributed by atoms with van der Waals surface area (Å²) in [5.74, 6) is 1.07. The zero-order valence-corrected chi connectivity index (χ0v) is 17.1. The van der Waals surface area contributed by atoms with Crippen molar-refractivity contribution in [2.24, 2.45) is 0 Å². The van der Waals surface area contributed by atoms with Gasteiger partial charge in [0.2, 0.25) is 5.95 Å². The molecule has 0 saturated heterocycles. The molecule has 0 spiro atoms. The molecule has 0 aliphatic heterocycles. The fraction of sp³-hybridized carbons (Fsp3) is 0.450. The summed E-state index contributed by atoms with van der Waals surface area (Å²) in [4.78, 5) is 13.7. The molecule has 0 bridgehead atoms. The maximum atomic E-state index is 10.0. The average molecular weight is 384 g/mol. The van der Waals surface area contributed by atoms with Crippen LogP contribution in [0.25, 0.3) is 11.2 Å². The second-order valence-corrected chi connectivity index (χ2v) is 8.04. The lowest BCUT2D eigenvalue weighted by Gasteiger charge is -2.18. The molecule has 2 heterocycles. The summed E-state index contributed by atoms with van der Waals surface area (Å²) in [5, 5.41) is 16.5. The molecule has 0 amide bonds. The zero-order valence-electron chi connectivity index (χ0n) is 17.1. The van der Waals surface area contributed by atoms with Crippen LogP contribution in [0.5, 0.6) is 0 Å². The number of nitrogen functional groups attached to an aromatic ring is 1. The number of nitrogens with two attached hydrogens (primary N) is 1. The van der Waals surface area contributed by atoms with Crippen molar-refractivity contribution < 1.29 is 5.11 Å². The number of anilines is 3. The fourth-order valence-electron chi connectivity index (χ4n) is 2.85. The van der Waals surface area contributed by atoms with E-state index in [2.05, 4.69) is 39.4 Å². The highest BCUT2D eigenvalue weighted by Gasteiger charge is 2.17. The van der Waals surface area contributed by atoms with E-state index in [0.29, 0.717) is 30.4 Å². The van der Waals surface area contributed by atoms with E-state index < -0.39 is 5.60 Å². The van der Waals surface area contributed by atoms with Gasteiger partial charge in [0, 0.05) is 24.8 Å². The predicted octanol–water partition coefficient (Wildman–Crippen LogP) is 3.09. The molecule has 150 valence electrons. The minimum absolute atomic E-state index is 0.211. The van der Waals surface area contributed by atoms with Crippen LogP contribution in [0.15, 0.2) is 24.5 Å². The number of aliphatic hydroxyl groups is 1. The molecule has 28 heavy (non-hydrogen) atoms. The molecule has 2 aromatic heterocycles. The molecule has 0 aliphatic carbocycles. The molecule has 8 heteroatoms. The van der Waals surface area contributed by atoms with E-state index >= 15 is 0 Å². The van der Waals surface area contributed by atoms with Crippen LogP contribution in [0.1, 0.15) is 44.9 Å². The van der Waals surface area contributed by atoms with Crippen LogP contribution in [0.2, 0.25) is 0 Å². The van der Waals surface area contributed by atoms with E-state index in [9.17, 15) is 5.11 Å². The molecular weight excluding hydrogens is 354 g/mol. The van der Waals surface area contributed by atoms with E-state index in [1.807, 2.05) is 29.7 Å². The number of aryl methyl sites for hydroxylation is 1. The molecule has 0 fully saturated rings. The minimum Gasteiger partial charge on any atom is -0.398 e.